The number of hydrogen-bond acceptors (Lipinski definition) is 1. The molecule has 76 valence electrons. The standard InChI is InChI=1S/C12H15FO/c1-8-6-12(14,7-8)11-4-3-10(13)5-9(11)2/h3-5,8,14H,6-7H2,1-2H3. The van der Waals surface area contributed by atoms with Crippen molar-refractivity contribution in [3.05, 3.63) is 35.1 Å². The molecule has 1 nitrogen and oxygen atoms in total. The van der Waals surface area contributed by atoms with Gasteiger partial charge in [0.2, 0.25) is 0 Å². The Labute approximate surface area is 83.6 Å². The average molecular weight is 194 g/mol. The van der Waals surface area contributed by atoms with Crippen molar-refractivity contribution in [1.82, 2.24) is 0 Å². The van der Waals surface area contributed by atoms with Gasteiger partial charge in [-0.2, -0.15) is 0 Å². The molecule has 1 saturated carbocycles. The Morgan fingerprint density at radius 3 is 2.57 bits per heavy atom. The lowest BCUT2D eigenvalue weighted by Gasteiger charge is -2.43. The Bertz CT molecular complexity index is 353. The molecule has 0 amide bonds. The van der Waals surface area contributed by atoms with Crippen molar-refractivity contribution in [2.75, 3.05) is 0 Å². The minimum Gasteiger partial charge on any atom is -0.385 e. The van der Waals surface area contributed by atoms with E-state index in [9.17, 15) is 9.50 Å². The predicted molar refractivity (Wildman–Crippen MR) is 53.4 cm³/mol. The molecule has 0 spiro atoms. The Kier molecular flexibility index (Phi) is 2.11. The fraction of sp³-hybridized carbons (Fsp3) is 0.500. The summed E-state index contributed by atoms with van der Waals surface area (Å²) < 4.78 is 12.9. The molecule has 1 aliphatic carbocycles. The zero-order valence-electron chi connectivity index (χ0n) is 8.55. The van der Waals surface area contributed by atoms with Crippen molar-refractivity contribution < 1.29 is 9.50 Å². The summed E-state index contributed by atoms with van der Waals surface area (Å²) in [7, 11) is 0. The Morgan fingerprint density at radius 2 is 2.07 bits per heavy atom. The van der Waals surface area contributed by atoms with Crippen LogP contribution < -0.4 is 0 Å². The van der Waals surface area contributed by atoms with Gasteiger partial charge in [-0.05, 0) is 48.9 Å². The van der Waals surface area contributed by atoms with E-state index in [1.807, 2.05) is 6.92 Å². The molecule has 0 unspecified atom stereocenters. The Morgan fingerprint density at radius 1 is 1.43 bits per heavy atom. The van der Waals surface area contributed by atoms with E-state index in [-0.39, 0.29) is 5.82 Å². The lowest BCUT2D eigenvalue weighted by Crippen LogP contribution is -2.40. The fourth-order valence-electron chi connectivity index (χ4n) is 2.46. The molecule has 1 N–H and O–H groups in total. The highest BCUT2D eigenvalue weighted by Crippen LogP contribution is 2.46. The van der Waals surface area contributed by atoms with Crippen LogP contribution in [-0.2, 0) is 5.60 Å². The van der Waals surface area contributed by atoms with Crippen LogP contribution in [0.5, 0.6) is 0 Å². The fourth-order valence-corrected chi connectivity index (χ4v) is 2.46. The van der Waals surface area contributed by atoms with Gasteiger partial charge >= 0.3 is 0 Å². The second kappa shape index (κ2) is 3.06. The summed E-state index contributed by atoms with van der Waals surface area (Å²) >= 11 is 0. The van der Waals surface area contributed by atoms with E-state index in [2.05, 4.69) is 6.92 Å². The number of aryl methyl sites for hydroxylation is 1. The first-order valence-corrected chi connectivity index (χ1v) is 5.00. The van der Waals surface area contributed by atoms with Crippen molar-refractivity contribution in [2.24, 2.45) is 5.92 Å². The van der Waals surface area contributed by atoms with E-state index in [1.54, 1.807) is 6.07 Å². The summed E-state index contributed by atoms with van der Waals surface area (Å²) in [6.07, 6.45) is 1.58. The highest BCUT2D eigenvalue weighted by molar-refractivity contribution is 5.33. The average Bonchev–Trinajstić information content (AvgIpc) is 2.00. The van der Waals surface area contributed by atoms with Gasteiger partial charge in [0.05, 0.1) is 5.60 Å². The van der Waals surface area contributed by atoms with Crippen LogP contribution in [0.1, 0.15) is 30.9 Å². The van der Waals surface area contributed by atoms with E-state index < -0.39 is 5.60 Å². The summed E-state index contributed by atoms with van der Waals surface area (Å²) in [5.41, 5.74) is 1.04. The molecule has 1 aromatic rings. The van der Waals surface area contributed by atoms with Crippen molar-refractivity contribution in [1.29, 1.82) is 0 Å². The van der Waals surface area contributed by atoms with Crippen LogP contribution in [0.15, 0.2) is 18.2 Å². The third-order valence-electron chi connectivity index (χ3n) is 3.06. The summed E-state index contributed by atoms with van der Waals surface area (Å²) in [6.45, 7) is 3.96. The third-order valence-corrected chi connectivity index (χ3v) is 3.06. The number of halogens is 1. The normalized spacial score (nSPS) is 31.3. The predicted octanol–water partition coefficient (Wildman–Crippen LogP) is 2.75. The number of rotatable bonds is 1. The van der Waals surface area contributed by atoms with Crippen LogP contribution in [0.25, 0.3) is 0 Å². The molecule has 1 aromatic carbocycles. The molecule has 0 bridgehead atoms. The second-order valence-electron chi connectivity index (χ2n) is 4.50. The maximum absolute atomic E-state index is 12.9. The van der Waals surface area contributed by atoms with Gasteiger partial charge in [0.15, 0.2) is 0 Å². The molecule has 1 fully saturated rings. The summed E-state index contributed by atoms with van der Waals surface area (Å²) in [5, 5.41) is 10.2. The molecule has 0 heterocycles. The topological polar surface area (TPSA) is 20.2 Å². The second-order valence-corrected chi connectivity index (χ2v) is 4.50. The lowest BCUT2D eigenvalue weighted by atomic mass is 9.67. The molecular formula is C12H15FO. The highest BCUT2D eigenvalue weighted by atomic mass is 19.1. The molecular weight excluding hydrogens is 179 g/mol. The SMILES string of the molecule is Cc1cc(F)ccc1C1(O)CC(C)C1. The minimum atomic E-state index is -0.697. The van der Waals surface area contributed by atoms with Crippen molar-refractivity contribution in [2.45, 2.75) is 32.3 Å². The van der Waals surface area contributed by atoms with Gasteiger partial charge in [0.25, 0.3) is 0 Å². The van der Waals surface area contributed by atoms with Gasteiger partial charge < -0.3 is 5.11 Å². The third kappa shape index (κ3) is 1.44. The Balaban J connectivity index is 2.33. The van der Waals surface area contributed by atoms with E-state index >= 15 is 0 Å². The summed E-state index contributed by atoms with van der Waals surface area (Å²) in [5.74, 6) is 0.340. The van der Waals surface area contributed by atoms with Crippen LogP contribution in [0.4, 0.5) is 4.39 Å². The largest absolute Gasteiger partial charge is 0.385 e. The smallest absolute Gasteiger partial charge is 0.123 e. The number of hydrogen-bond donors (Lipinski definition) is 1. The van der Waals surface area contributed by atoms with Crippen LogP contribution in [0.2, 0.25) is 0 Å². The summed E-state index contributed by atoms with van der Waals surface area (Å²) in [4.78, 5) is 0. The van der Waals surface area contributed by atoms with Crippen molar-refractivity contribution in [3.63, 3.8) is 0 Å². The van der Waals surface area contributed by atoms with Crippen LogP contribution in [-0.4, -0.2) is 5.11 Å². The van der Waals surface area contributed by atoms with E-state index in [1.165, 1.54) is 12.1 Å². The van der Waals surface area contributed by atoms with E-state index in [4.69, 9.17) is 0 Å². The number of aliphatic hydroxyl groups is 1. The minimum absolute atomic E-state index is 0.234. The van der Waals surface area contributed by atoms with Crippen molar-refractivity contribution in [3.8, 4) is 0 Å². The summed E-state index contributed by atoms with van der Waals surface area (Å²) in [6, 6.07) is 4.61. The lowest BCUT2D eigenvalue weighted by molar-refractivity contribution is -0.0743. The molecule has 2 rings (SSSR count). The maximum atomic E-state index is 12.9. The van der Waals surface area contributed by atoms with E-state index in [0.29, 0.717) is 5.92 Å². The molecule has 0 atom stereocenters. The van der Waals surface area contributed by atoms with Crippen LogP contribution >= 0.6 is 0 Å². The Hall–Kier alpha value is -0.890. The molecule has 0 radical (unpaired) electrons. The van der Waals surface area contributed by atoms with Gasteiger partial charge in [0, 0.05) is 0 Å². The first kappa shape index (κ1) is 9.66. The zero-order chi connectivity index (χ0) is 10.3. The zero-order valence-corrected chi connectivity index (χ0v) is 8.55. The molecule has 1 aliphatic rings. The van der Waals surface area contributed by atoms with E-state index in [0.717, 1.165) is 24.0 Å². The van der Waals surface area contributed by atoms with Crippen LogP contribution in [0.3, 0.4) is 0 Å². The molecule has 0 aliphatic heterocycles. The monoisotopic (exact) mass is 194 g/mol. The number of benzene rings is 1. The molecule has 0 saturated heterocycles. The van der Waals surface area contributed by atoms with Gasteiger partial charge in [0.1, 0.15) is 5.82 Å². The van der Waals surface area contributed by atoms with Crippen molar-refractivity contribution >= 4 is 0 Å². The maximum Gasteiger partial charge on any atom is 0.123 e. The molecule has 14 heavy (non-hydrogen) atoms. The van der Waals surface area contributed by atoms with Gasteiger partial charge in [-0.25, -0.2) is 4.39 Å². The van der Waals surface area contributed by atoms with Gasteiger partial charge in [-0.1, -0.05) is 13.0 Å². The first-order valence-electron chi connectivity index (χ1n) is 5.00. The van der Waals surface area contributed by atoms with Gasteiger partial charge in [-0.3, -0.25) is 0 Å². The molecule has 2 heteroatoms. The quantitative estimate of drug-likeness (QED) is 0.728. The highest BCUT2D eigenvalue weighted by Gasteiger charge is 2.42. The molecule has 0 aromatic heterocycles. The first-order chi connectivity index (χ1) is 6.51. The van der Waals surface area contributed by atoms with Crippen LogP contribution in [0, 0.1) is 18.7 Å². The van der Waals surface area contributed by atoms with Gasteiger partial charge in [-0.15, -0.1) is 0 Å².